The predicted octanol–water partition coefficient (Wildman–Crippen LogP) is 3.02. The summed E-state index contributed by atoms with van der Waals surface area (Å²) in [6.45, 7) is 4.77. The molecule has 8 heteroatoms. The van der Waals surface area contributed by atoms with Gasteiger partial charge < -0.3 is 14.3 Å². The zero-order valence-electron chi connectivity index (χ0n) is 16.3. The lowest BCUT2D eigenvalue weighted by Crippen LogP contribution is -2.49. The lowest BCUT2D eigenvalue weighted by molar-refractivity contribution is -0.128. The van der Waals surface area contributed by atoms with Gasteiger partial charge in [-0.3, -0.25) is 4.79 Å². The third-order valence-electron chi connectivity index (χ3n) is 4.83. The molecule has 1 fully saturated rings. The average Bonchev–Trinajstić information content (AvgIpc) is 3.21. The van der Waals surface area contributed by atoms with Crippen molar-refractivity contribution in [2.45, 2.75) is 12.7 Å². The summed E-state index contributed by atoms with van der Waals surface area (Å²) in [5.41, 5.74) is 2.08. The molecule has 1 aliphatic rings. The molecule has 0 radical (unpaired) electrons. The van der Waals surface area contributed by atoms with E-state index < -0.39 is 0 Å². The van der Waals surface area contributed by atoms with Gasteiger partial charge in [-0.2, -0.15) is 4.98 Å². The first-order chi connectivity index (χ1) is 14.2. The molecule has 0 aliphatic carbocycles. The van der Waals surface area contributed by atoms with Crippen LogP contribution in [-0.4, -0.2) is 57.9 Å². The highest BCUT2D eigenvalue weighted by atomic mass is 32.2. The number of aromatic nitrogens is 3. The highest BCUT2D eigenvalue weighted by Crippen LogP contribution is 2.20. The van der Waals surface area contributed by atoms with E-state index in [1.807, 2.05) is 35.2 Å². The molecule has 1 saturated heterocycles. The number of pyridine rings is 1. The highest BCUT2D eigenvalue weighted by molar-refractivity contribution is 7.99. The van der Waals surface area contributed by atoms with E-state index in [0.29, 0.717) is 17.5 Å². The van der Waals surface area contributed by atoms with E-state index in [4.69, 9.17) is 4.52 Å². The third-order valence-corrected chi connectivity index (χ3v) is 5.82. The minimum Gasteiger partial charge on any atom is -0.353 e. The van der Waals surface area contributed by atoms with Gasteiger partial charge in [0.15, 0.2) is 0 Å². The van der Waals surface area contributed by atoms with Crippen LogP contribution in [0, 0.1) is 6.92 Å². The van der Waals surface area contributed by atoms with Crippen LogP contribution in [0.2, 0.25) is 0 Å². The van der Waals surface area contributed by atoms with Crippen molar-refractivity contribution >= 4 is 23.5 Å². The van der Waals surface area contributed by atoms with Crippen molar-refractivity contribution in [2.75, 3.05) is 36.8 Å². The molecule has 2 aromatic heterocycles. The first-order valence-corrected chi connectivity index (χ1v) is 10.8. The Balaban J connectivity index is 1.25. The van der Waals surface area contributed by atoms with E-state index in [-0.39, 0.29) is 5.91 Å². The van der Waals surface area contributed by atoms with Gasteiger partial charge in [0.05, 0.1) is 5.75 Å². The van der Waals surface area contributed by atoms with Gasteiger partial charge in [-0.25, -0.2) is 4.98 Å². The quantitative estimate of drug-likeness (QED) is 0.619. The van der Waals surface area contributed by atoms with Crippen molar-refractivity contribution in [1.29, 1.82) is 0 Å². The Kier molecular flexibility index (Phi) is 6.09. The molecular formula is C21H23N5O2S. The molecule has 3 aromatic rings. The average molecular weight is 410 g/mol. The van der Waals surface area contributed by atoms with E-state index in [0.717, 1.165) is 43.3 Å². The standard InChI is InChI=1S/C21H23N5O2S/c1-16-23-21(24-28-16)18-7-8-19(22-13-18)25-9-11-26(12-10-25)20(27)15-29-14-17-5-3-2-4-6-17/h2-8,13H,9-12,14-15H2,1H3. The van der Waals surface area contributed by atoms with Gasteiger partial charge in [-0.15, -0.1) is 11.8 Å². The van der Waals surface area contributed by atoms with Crippen LogP contribution in [0.15, 0.2) is 53.2 Å². The summed E-state index contributed by atoms with van der Waals surface area (Å²) in [5.74, 6) is 3.58. The van der Waals surface area contributed by atoms with Gasteiger partial charge in [0.2, 0.25) is 17.6 Å². The van der Waals surface area contributed by atoms with Gasteiger partial charge in [-0.1, -0.05) is 35.5 Å². The van der Waals surface area contributed by atoms with Crippen LogP contribution >= 0.6 is 11.8 Å². The Labute approximate surface area is 174 Å². The third kappa shape index (κ3) is 4.95. The fourth-order valence-electron chi connectivity index (χ4n) is 3.23. The molecule has 0 unspecified atom stereocenters. The molecule has 0 saturated carbocycles. The fourth-order valence-corrected chi connectivity index (χ4v) is 4.12. The van der Waals surface area contributed by atoms with E-state index in [1.165, 1.54) is 5.56 Å². The van der Waals surface area contributed by atoms with E-state index in [2.05, 4.69) is 32.2 Å². The molecule has 7 nitrogen and oxygen atoms in total. The van der Waals surface area contributed by atoms with Gasteiger partial charge in [0.1, 0.15) is 5.82 Å². The molecule has 0 spiro atoms. The van der Waals surface area contributed by atoms with Crippen LogP contribution in [0.4, 0.5) is 5.82 Å². The second kappa shape index (κ2) is 9.09. The van der Waals surface area contributed by atoms with Gasteiger partial charge in [-0.05, 0) is 17.7 Å². The topological polar surface area (TPSA) is 75.4 Å². The molecule has 29 heavy (non-hydrogen) atoms. The zero-order chi connectivity index (χ0) is 20.1. The Morgan fingerprint density at radius 2 is 1.90 bits per heavy atom. The van der Waals surface area contributed by atoms with Crippen molar-refractivity contribution in [3.05, 3.63) is 60.1 Å². The lowest BCUT2D eigenvalue weighted by Gasteiger charge is -2.35. The molecule has 4 rings (SSSR count). The summed E-state index contributed by atoms with van der Waals surface area (Å²) in [4.78, 5) is 25.4. The zero-order valence-corrected chi connectivity index (χ0v) is 17.1. The molecule has 0 bridgehead atoms. The molecular weight excluding hydrogens is 386 g/mol. The monoisotopic (exact) mass is 409 g/mol. The van der Waals surface area contributed by atoms with E-state index >= 15 is 0 Å². The van der Waals surface area contributed by atoms with Crippen molar-refractivity contribution in [1.82, 2.24) is 20.0 Å². The van der Waals surface area contributed by atoms with Gasteiger partial charge in [0.25, 0.3) is 0 Å². The number of carbonyl (C=O) groups excluding carboxylic acids is 1. The Morgan fingerprint density at radius 1 is 1.10 bits per heavy atom. The van der Waals surface area contributed by atoms with Gasteiger partial charge in [0, 0.05) is 50.6 Å². The summed E-state index contributed by atoms with van der Waals surface area (Å²) in [7, 11) is 0. The van der Waals surface area contributed by atoms with Crippen molar-refractivity contribution < 1.29 is 9.32 Å². The van der Waals surface area contributed by atoms with E-state index in [1.54, 1.807) is 24.9 Å². The number of hydrogen-bond acceptors (Lipinski definition) is 7. The number of anilines is 1. The molecule has 1 aliphatic heterocycles. The smallest absolute Gasteiger partial charge is 0.232 e. The van der Waals surface area contributed by atoms with Crippen molar-refractivity contribution in [3.8, 4) is 11.4 Å². The molecule has 150 valence electrons. The maximum atomic E-state index is 12.5. The predicted molar refractivity (Wildman–Crippen MR) is 114 cm³/mol. The maximum absolute atomic E-state index is 12.5. The molecule has 1 amide bonds. The Morgan fingerprint density at radius 3 is 2.55 bits per heavy atom. The van der Waals surface area contributed by atoms with Crippen molar-refractivity contribution in [3.63, 3.8) is 0 Å². The minimum absolute atomic E-state index is 0.210. The number of carbonyl (C=O) groups is 1. The SMILES string of the molecule is Cc1nc(-c2ccc(N3CCN(C(=O)CSCc4ccccc4)CC3)nc2)no1. The molecule has 0 N–H and O–H groups in total. The number of piperazine rings is 1. The number of rotatable bonds is 6. The number of hydrogen-bond donors (Lipinski definition) is 0. The summed E-state index contributed by atoms with van der Waals surface area (Å²) in [6.07, 6.45) is 1.76. The Hall–Kier alpha value is -2.87. The molecule has 3 heterocycles. The summed E-state index contributed by atoms with van der Waals surface area (Å²) >= 11 is 1.67. The number of amides is 1. The summed E-state index contributed by atoms with van der Waals surface area (Å²) in [5, 5.41) is 3.92. The van der Waals surface area contributed by atoms with Crippen LogP contribution < -0.4 is 4.90 Å². The Bertz CT molecular complexity index is 937. The first-order valence-electron chi connectivity index (χ1n) is 9.60. The number of benzene rings is 1. The maximum Gasteiger partial charge on any atom is 0.232 e. The van der Waals surface area contributed by atoms with E-state index in [9.17, 15) is 4.79 Å². The molecule has 1 aromatic carbocycles. The largest absolute Gasteiger partial charge is 0.353 e. The van der Waals surface area contributed by atoms with Crippen LogP contribution in [0.25, 0.3) is 11.4 Å². The van der Waals surface area contributed by atoms with Crippen LogP contribution in [0.1, 0.15) is 11.5 Å². The second-order valence-electron chi connectivity index (χ2n) is 6.89. The first kappa shape index (κ1) is 19.4. The molecule has 0 atom stereocenters. The summed E-state index contributed by atoms with van der Waals surface area (Å²) in [6, 6.07) is 14.2. The minimum atomic E-state index is 0.210. The van der Waals surface area contributed by atoms with Crippen molar-refractivity contribution in [2.24, 2.45) is 0 Å². The highest BCUT2D eigenvalue weighted by Gasteiger charge is 2.22. The second-order valence-corrected chi connectivity index (χ2v) is 7.87. The normalized spacial score (nSPS) is 14.2. The van der Waals surface area contributed by atoms with Crippen LogP contribution in [0.3, 0.4) is 0 Å². The fraction of sp³-hybridized carbons (Fsp3) is 0.333. The number of nitrogens with zero attached hydrogens (tertiary/aromatic N) is 5. The van der Waals surface area contributed by atoms with Crippen LogP contribution in [0.5, 0.6) is 0 Å². The van der Waals surface area contributed by atoms with Crippen LogP contribution in [-0.2, 0) is 10.5 Å². The van der Waals surface area contributed by atoms with Gasteiger partial charge >= 0.3 is 0 Å². The number of thioether (sulfide) groups is 1. The number of aryl methyl sites for hydroxylation is 1. The summed E-state index contributed by atoms with van der Waals surface area (Å²) < 4.78 is 5.01. The lowest BCUT2D eigenvalue weighted by atomic mass is 10.2.